The van der Waals surface area contributed by atoms with E-state index in [4.69, 9.17) is 10.2 Å². The fourth-order valence-electron chi connectivity index (χ4n) is 7.72. The standard InChI is InChI=1S/C33H41N5O8/c1-35(2)21-14-19(22-7-6-17(46-22)15-38-10-8-37(5)9-11-38)27(39)24-18(21)12-16-13-20-26(36(3)4)29(41)25(32(34)44)31(43)33(20,45)30(42)23(16)28(24)40/h6-7,14,16,20,26,39,41-42,45H,8-13,15H2,1-5H3,(H2,34,44)/t16-,20+,26+,33+/m1/s1. The number of fused-ring (bicyclic) bond motifs is 3. The van der Waals surface area contributed by atoms with Gasteiger partial charge in [0, 0.05) is 57.5 Å². The number of anilines is 1. The third-order valence-corrected chi connectivity index (χ3v) is 10.1. The van der Waals surface area contributed by atoms with E-state index < -0.39 is 58.0 Å². The van der Waals surface area contributed by atoms with Gasteiger partial charge in [-0.05, 0) is 63.7 Å². The number of phenolic OH excluding ortho intramolecular Hbond substituents is 1. The Hall–Kier alpha value is -4.17. The van der Waals surface area contributed by atoms with Gasteiger partial charge in [0.25, 0.3) is 5.91 Å². The second kappa shape index (κ2) is 11.3. The number of carbonyl (C=O) groups is 3. The quantitative estimate of drug-likeness (QED) is 0.286. The molecule has 4 atom stereocenters. The number of allylic oxidation sites excluding steroid dienone is 1. The second-order valence-corrected chi connectivity index (χ2v) is 13.3. The van der Waals surface area contributed by atoms with Crippen LogP contribution in [0.4, 0.5) is 5.69 Å². The van der Waals surface area contributed by atoms with Crippen LogP contribution in [0.15, 0.2) is 45.3 Å². The number of amides is 1. The Labute approximate surface area is 266 Å². The molecule has 1 aromatic heterocycles. The van der Waals surface area contributed by atoms with Gasteiger partial charge >= 0.3 is 0 Å². The third-order valence-electron chi connectivity index (χ3n) is 10.1. The van der Waals surface area contributed by atoms with E-state index in [0.29, 0.717) is 29.3 Å². The molecule has 46 heavy (non-hydrogen) atoms. The lowest BCUT2D eigenvalue weighted by Gasteiger charge is -2.50. The number of phenols is 1. The number of ketones is 2. The van der Waals surface area contributed by atoms with E-state index in [2.05, 4.69) is 16.8 Å². The molecule has 0 saturated carbocycles. The lowest BCUT2D eigenvalue weighted by atomic mass is 9.58. The molecular weight excluding hydrogens is 594 g/mol. The van der Waals surface area contributed by atoms with Crippen molar-refractivity contribution in [2.45, 2.75) is 31.0 Å². The average Bonchev–Trinajstić information content (AvgIpc) is 3.44. The molecule has 1 aliphatic heterocycles. The maximum Gasteiger partial charge on any atom is 0.255 e. The normalized spacial score (nSPS) is 27.2. The van der Waals surface area contributed by atoms with Gasteiger partial charge in [-0.25, -0.2) is 0 Å². The lowest BCUT2D eigenvalue weighted by molar-refractivity contribution is -0.148. The smallest absolute Gasteiger partial charge is 0.255 e. The minimum atomic E-state index is -2.69. The Morgan fingerprint density at radius 1 is 1.09 bits per heavy atom. The van der Waals surface area contributed by atoms with Crippen molar-refractivity contribution in [1.82, 2.24) is 14.7 Å². The van der Waals surface area contributed by atoms with Gasteiger partial charge in [-0.15, -0.1) is 0 Å². The first-order valence-electron chi connectivity index (χ1n) is 15.4. The fraction of sp³-hybridized carbons (Fsp3) is 0.485. The number of Topliss-reactive ketones (excluding diaryl/α,β-unsaturated/α-hetero) is 2. The van der Waals surface area contributed by atoms with Crippen LogP contribution in [0.3, 0.4) is 0 Å². The van der Waals surface area contributed by atoms with Crippen LogP contribution in [-0.2, 0) is 22.6 Å². The number of furan rings is 1. The summed E-state index contributed by atoms with van der Waals surface area (Å²) in [6.07, 6.45) is 0.220. The number of aromatic hydroxyl groups is 1. The van der Waals surface area contributed by atoms with Gasteiger partial charge in [0.15, 0.2) is 11.4 Å². The molecule has 13 nitrogen and oxygen atoms in total. The van der Waals surface area contributed by atoms with Crippen molar-refractivity contribution in [3.05, 3.63) is 57.8 Å². The van der Waals surface area contributed by atoms with E-state index in [1.807, 2.05) is 25.1 Å². The zero-order chi connectivity index (χ0) is 33.4. The minimum Gasteiger partial charge on any atom is -0.510 e. The Morgan fingerprint density at radius 2 is 1.76 bits per heavy atom. The summed E-state index contributed by atoms with van der Waals surface area (Å²) in [5.41, 5.74) is 3.15. The molecule has 0 unspecified atom stereocenters. The predicted molar refractivity (Wildman–Crippen MR) is 168 cm³/mol. The van der Waals surface area contributed by atoms with Gasteiger partial charge < -0.3 is 40.4 Å². The largest absolute Gasteiger partial charge is 0.510 e. The number of nitrogens with zero attached hydrogens (tertiary/aromatic N) is 4. The molecule has 4 aliphatic rings. The number of benzene rings is 1. The molecule has 1 saturated heterocycles. The van der Waals surface area contributed by atoms with Crippen molar-refractivity contribution in [3.63, 3.8) is 0 Å². The maximum absolute atomic E-state index is 14.3. The fourth-order valence-corrected chi connectivity index (χ4v) is 7.72. The monoisotopic (exact) mass is 635 g/mol. The number of nitrogens with two attached hydrogens (primary N) is 1. The summed E-state index contributed by atoms with van der Waals surface area (Å²) in [4.78, 5) is 48.1. The zero-order valence-electron chi connectivity index (χ0n) is 26.7. The first-order chi connectivity index (χ1) is 21.7. The summed E-state index contributed by atoms with van der Waals surface area (Å²) >= 11 is 0. The van der Waals surface area contributed by atoms with Crippen LogP contribution in [-0.4, -0.2) is 126 Å². The van der Waals surface area contributed by atoms with E-state index in [1.54, 1.807) is 26.2 Å². The summed E-state index contributed by atoms with van der Waals surface area (Å²) in [7, 11) is 8.92. The zero-order valence-corrected chi connectivity index (χ0v) is 26.7. The molecule has 1 fully saturated rings. The molecule has 6 rings (SSSR count). The van der Waals surface area contributed by atoms with Gasteiger partial charge in [0.1, 0.15) is 34.4 Å². The molecule has 1 aromatic carbocycles. The Bertz CT molecular complexity index is 1700. The summed E-state index contributed by atoms with van der Waals surface area (Å²) in [6.45, 7) is 4.31. The highest BCUT2D eigenvalue weighted by atomic mass is 16.4. The van der Waals surface area contributed by atoms with Crippen LogP contribution in [0.25, 0.3) is 11.3 Å². The van der Waals surface area contributed by atoms with Gasteiger partial charge in [-0.1, -0.05) is 0 Å². The van der Waals surface area contributed by atoms with Crippen LogP contribution >= 0.6 is 0 Å². The molecule has 3 aliphatic carbocycles. The Balaban J connectivity index is 1.45. The molecule has 246 valence electrons. The predicted octanol–water partition coefficient (Wildman–Crippen LogP) is 1.19. The summed E-state index contributed by atoms with van der Waals surface area (Å²) in [5.74, 6) is -5.76. The Kier molecular flexibility index (Phi) is 7.79. The molecule has 0 spiro atoms. The van der Waals surface area contributed by atoms with E-state index in [9.17, 15) is 34.8 Å². The number of likely N-dealkylation sites (N-methyl/N-ethyl adjacent to an activating group) is 2. The van der Waals surface area contributed by atoms with Crippen molar-refractivity contribution in [1.29, 1.82) is 0 Å². The van der Waals surface area contributed by atoms with E-state index in [-0.39, 0.29) is 35.3 Å². The highest BCUT2D eigenvalue weighted by Crippen LogP contribution is 2.54. The molecule has 0 bridgehead atoms. The highest BCUT2D eigenvalue weighted by Gasteiger charge is 2.63. The average molecular weight is 636 g/mol. The molecule has 1 amide bonds. The Morgan fingerprint density at radius 3 is 2.37 bits per heavy atom. The number of aliphatic hydroxyl groups is 3. The number of hydrogen-bond donors (Lipinski definition) is 5. The number of piperazine rings is 1. The number of primary amides is 1. The third kappa shape index (κ3) is 4.72. The second-order valence-electron chi connectivity index (χ2n) is 13.3. The van der Waals surface area contributed by atoms with Gasteiger partial charge in [0.05, 0.1) is 23.7 Å². The number of carbonyl (C=O) groups excluding carboxylic acids is 3. The van der Waals surface area contributed by atoms with Crippen molar-refractivity contribution in [2.75, 3.05) is 66.3 Å². The van der Waals surface area contributed by atoms with Crippen molar-refractivity contribution < 1.29 is 39.2 Å². The molecular formula is C33H41N5O8. The number of hydrogen-bond acceptors (Lipinski definition) is 12. The molecule has 2 heterocycles. The molecule has 13 heteroatoms. The van der Waals surface area contributed by atoms with Crippen LogP contribution in [0.1, 0.15) is 28.1 Å². The minimum absolute atomic E-state index is 0.0228. The summed E-state index contributed by atoms with van der Waals surface area (Å²) < 4.78 is 6.18. The molecule has 2 aromatic rings. The first-order valence-corrected chi connectivity index (χ1v) is 15.4. The number of rotatable bonds is 6. The summed E-state index contributed by atoms with van der Waals surface area (Å²) in [6, 6.07) is 4.32. The molecule has 6 N–H and O–H groups in total. The van der Waals surface area contributed by atoms with Crippen LogP contribution in [0.5, 0.6) is 5.75 Å². The van der Waals surface area contributed by atoms with E-state index in [0.717, 1.165) is 26.2 Å². The lowest BCUT2D eigenvalue weighted by Crippen LogP contribution is -2.63. The topological polar surface area (TPSA) is 184 Å². The van der Waals surface area contributed by atoms with Gasteiger partial charge in [-0.2, -0.15) is 0 Å². The number of aliphatic hydroxyl groups excluding tert-OH is 2. The van der Waals surface area contributed by atoms with Crippen molar-refractivity contribution >= 4 is 23.2 Å². The van der Waals surface area contributed by atoms with Gasteiger partial charge in [0.2, 0.25) is 5.78 Å². The SMILES string of the molecule is CN1CCN(Cc2ccc(-c3cc(N(C)C)c4c(c3O)C(=O)C3=C(O)[C@]5(O)C(=O)C(C(N)=O)=C(O)[C@@H](N(C)C)[C@@H]5C[C@H]3C4)o2)CC1. The van der Waals surface area contributed by atoms with Crippen molar-refractivity contribution in [2.24, 2.45) is 17.6 Å². The van der Waals surface area contributed by atoms with E-state index >= 15 is 0 Å². The van der Waals surface area contributed by atoms with Crippen LogP contribution in [0.2, 0.25) is 0 Å². The van der Waals surface area contributed by atoms with Crippen molar-refractivity contribution in [3.8, 4) is 17.1 Å². The van der Waals surface area contributed by atoms with Crippen LogP contribution < -0.4 is 10.6 Å². The van der Waals surface area contributed by atoms with Crippen LogP contribution in [0, 0.1) is 11.8 Å². The first kappa shape index (κ1) is 31.8. The summed E-state index contributed by atoms with van der Waals surface area (Å²) in [5, 5.41) is 46.2. The van der Waals surface area contributed by atoms with E-state index in [1.165, 1.54) is 4.90 Å². The maximum atomic E-state index is 14.3. The van der Waals surface area contributed by atoms with Gasteiger partial charge in [-0.3, -0.25) is 24.2 Å². The molecule has 0 radical (unpaired) electrons. The highest BCUT2D eigenvalue weighted by molar-refractivity contribution is 6.25.